The fourth-order valence-corrected chi connectivity index (χ4v) is 12.9. The smallest absolute Gasteiger partial charge is 0.261 e. The van der Waals surface area contributed by atoms with Gasteiger partial charge in [0.2, 0.25) is 0 Å². The summed E-state index contributed by atoms with van der Waals surface area (Å²) in [6, 6.07) is 24.7. The van der Waals surface area contributed by atoms with E-state index in [9.17, 15) is 4.79 Å². The summed E-state index contributed by atoms with van der Waals surface area (Å²) < 4.78 is 14.1. The molecule has 0 aliphatic carbocycles. The van der Waals surface area contributed by atoms with Gasteiger partial charge in [-0.05, 0) is 33.5 Å². The average Bonchev–Trinajstić information content (AvgIpc) is 2.85. The minimum atomic E-state index is -2.62. The maximum absolute atomic E-state index is 11.9. The molecule has 2 aromatic carbocycles. The molecule has 0 bridgehead atoms. The second-order valence-corrected chi connectivity index (χ2v) is 19.8. The van der Waals surface area contributed by atoms with Gasteiger partial charge >= 0.3 is 0 Å². The Labute approximate surface area is 210 Å². The van der Waals surface area contributed by atoms with Gasteiger partial charge in [0.15, 0.2) is 8.32 Å². The molecule has 0 saturated heterocycles. The molecule has 0 heterocycles. The average molecular weight is 499 g/mol. The van der Waals surface area contributed by atoms with Crippen molar-refractivity contribution in [1.82, 2.24) is 0 Å². The molecule has 0 radical (unpaired) electrons. The van der Waals surface area contributed by atoms with Crippen molar-refractivity contribution in [3.8, 4) is 0 Å². The van der Waals surface area contributed by atoms with Crippen molar-refractivity contribution in [3.63, 3.8) is 0 Å². The zero-order chi connectivity index (χ0) is 25.4. The molecule has 2 rings (SSSR count). The van der Waals surface area contributed by atoms with Crippen LogP contribution in [-0.2, 0) is 13.6 Å². The predicted octanol–water partition coefficient (Wildman–Crippen LogP) is 6.42. The topological polar surface area (TPSA) is 35.5 Å². The van der Waals surface area contributed by atoms with Gasteiger partial charge in [0, 0.05) is 18.4 Å². The third-order valence-electron chi connectivity index (χ3n) is 7.59. The van der Waals surface area contributed by atoms with Gasteiger partial charge in [-0.25, -0.2) is 0 Å². The molecule has 0 saturated carbocycles. The van der Waals surface area contributed by atoms with Crippen molar-refractivity contribution in [2.45, 2.75) is 84.7 Å². The zero-order valence-corrected chi connectivity index (χ0v) is 24.6. The van der Waals surface area contributed by atoms with Crippen LogP contribution in [0.25, 0.3) is 0 Å². The molecule has 0 fully saturated rings. The van der Waals surface area contributed by atoms with E-state index in [2.05, 4.69) is 109 Å². The van der Waals surface area contributed by atoms with E-state index in [1.54, 1.807) is 0 Å². The van der Waals surface area contributed by atoms with E-state index >= 15 is 0 Å². The largest absolute Gasteiger partial charge is 0.413 e. The lowest BCUT2D eigenvalue weighted by Crippen LogP contribution is -2.67. The third-order valence-corrected chi connectivity index (χ3v) is 17.2. The van der Waals surface area contributed by atoms with Crippen LogP contribution in [0.4, 0.5) is 0 Å². The van der Waals surface area contributed by atoms with E-state index < -0.39 is 16.6 Å². The number of benzene rings is 2. The molecule has 188 valence electrons. The summed E-state index contributed by atoms with van der Waals surface area (Å²) in [5, 5.41) is 2.49. The van der Waals surface area contributed by atoms with Crippen molar-refractivity contribution >= 4 is 33.3 Å². The lowest BCUT2D eigenvalue weighted by Gasteiger charge is -2.44. The molecule has 5 heteroatoms. The molecule has 3 atom stereocenters. The Hall–Kier alpha value is -1.54. The molecule has 0 N–H and O–H groups in total. The lowest BCUT2D eigenvalue weighted by molar-refractivity contribution is -0.114. The molecule has 0 aliphatic heterocycles. The van der Waals surface area contributed by atoms with Crippen LogP contribution >= 0.6 is 0 Å². The highest BCUT2D eigenvalue weighted by molar-refractivity contribution is 6.99. The molecule has 34 heavy (non-hydrogen) atoms. The van der Waals surface area contributed by atoms with Gasteiger partial charge in [0.25, 0.3) is 8.32 Å². The summed E-state index contributed by atoms with van der Waals surface area (Å²) in [4.78, 5) is 11.9. The van der Waals surface area contributed by atoms with E-state index in [0.717, 1.165) is 24.4 Å². The Bertz CT molecular complexity index is 812. The number of rotatable bonds is 13. The third kappa shape index (κ3) is 6.17. The normalized spacial score (nSPS) is 15.5. The molecule has 2 aromatic rings. The van der Waals surface area contributed by atoms with Crippen molar-refractivity contribution in [3.05, 3.63) is 60.7 Å². The van der Waals surface area contributed by atoms with Crippen LogP contribution in [0.1, 0.15) is 55.4 Å². The van der Waals surface area contributed by atoms with Crippen LogP contribution in [0.5, 0.6) is 0 Å². The molecule has 0 spiro atoms. The fourth-order valence-electron chi connectivity index (χ4n) is 5.22. The van der Waals surface area contributed by atoms with E-state index in [4.69, 9.17) is 8.85 Å². The molecule has 3 nitrogen and oxygen atoms in total. The highest BCUT2D eigenvalue weighted by Gasteiger charge is 2.50. The first-order chi connectivity index (χ1) is 16.1. The van der Waals surface area contributed by atoms with Gasteiger partial charge in [-0.15, -0.1) is 0 Å². The fraction of sp³-hybridized carbons (Fsp3) is 0.552. The standard InChI is InChI=1S/C29H46O3Si2/c1-9-33(10-2,11-3)32-28(24(4)22-30)25(5)23-31-34(29(6,7)8,26-18-14-12-15-19-26)27-20-16-13-17-21-27/h12-22,24-25,28H,9-11,23H2,1-8H3/t24-,25-,28+/m0/s1. The molecular formula is C29H46O3Si2. The summed E-state index contributed by atoms with van der Waals surface area (Å²) in [5.74, 6) is -0.0485. The van der Waals surface area contributed by atoms with Crippen LogP contribution in [0.2, 0.25) is 23.2 Å². The van der Waals surface area contributed by atoms with Crippen molar-refractivity contribution in [1.29, 1.82) is 0 Å². The maximum Gasteiger partial charge on any atom is 0.261 e. The lowest BCUT2D eigenvalue weighted by atomic mass is 9.95. The Balaban J connectivity index is 2.48. The summed E-state index contributed by atoms with van der Waals surface area (Å²) in [6.45, 7) is 18.4. The highest BCUT2D eigenvalue weighted by atomic mass is 28.4. The summed E-state index contributed by atoms with van der Waals surface area (Å²) >= 11 is 0. The van der Waals surface area contributed by atoms with Gasteiger partial charge in [-0.1, -0.05) is 116 Å². The van der Waals surface area contributed by atoms with Crippen LogP contribution in [-0.4, -0.2) is 35.6 Å². The first-order valence-electron chi connectivity index (χ1n) is 13.0. The molecular weight excluding hydrogens is 452 g/mol. The van der Waals surface area contributed by atoms with Crippen molar-refractivity contribution in [2.24, 2.45) is 11.8 Å². The minimum absolute atomic E-state index is 0.0726. The number of aldehydes is 1. The van der Waals surface area contributed by atoms with Crippen molar-refractivity contribution < 1.29 is 13.6 Å². The Morgan fingerprint density at radius 3 is 1.62 bits per heavy atom. The number of carbonyl (C=O) groups is 1. The minimum Gasteiger partial charge on any atom is -0.413 e. The van der Waals surface area contributed by atoms with Crippen LogP contribution in [0.15, 0.2) is 60.7 Å². The first kappa shape index (κ1) is 28.7. The first-order valence-corrected chi connectivity index (χ1v) is 17.4. The molecule has 0 aromatic heterocycles. The second-order valence-electron chi connectivity index (χ2n) is 10.8. The van der Waals surface area contributed by atoms with Gasteiger partial charge in [-0.3, -0.25) is 0 Å². The highest BCUT2D eigenvalue weighted by Crippen LogP contribution is 2.38. The van der Waals surface area contributed by atoms with Crippen LogP contribution in [0, 0.1) is 11.8 Å². The molecule has 0 amide bonds. The Morgan fingerprint density at radius 2 is 1.26 bits per heavy atom. The number of hydrogen-bond acceptors (Lipinski definition) is 3. The van der Waals surface area contributed by atoms with Crippen LogP contribution in [0.3, 0.4) is 0 Å². The van der Waals surface area contributed by atoms with Gasteiger partial charge < -0.3 is 13.6 Å². The predicted molar refractivity (Wildman–Crippen MR) is 150 cm³/mol. The number of hydrogen-bond donors (Lipinski definition) is 0. The Morgan fingerprint density at radius 1 is 0.824 bits per heavy atom. The Kier molecular flexibility index (Phi) is 10.5. The van der Waals surface area contributed by atoms with Crippen LogP contribution < -0.4 is 10.4 Å². The van der Waals surface area contributed by atoms with Gasteiger partial charge in [0.05, 0.1) is 6.10 Å². The maximum atomic E-state index is 11.9. The summed E-state index contributed by atoms with van der Waals surface area (Å²) in [5.41, 5.74) is 0. The van der Waals surface area contributed by atoms with E-state index in [0.29, 0.717) is 6.61 Å². The second kappa shape index (κ2) is 12.4. The summed E-state index contributed by atoms with van der Waals surface area (Å²) in [7, 11) is -4.48. The SMILES string of the molecule is CC[Si](CC)(CC)O[C@H]([C@@H](C)C=O)[C@@H](C)CO[Si](c1ccccc1)(c1ccccc1)C(C)(C)C. The van der Waals surface area contributed by atoms with E-state index in [1.165, 1.54) is 10.4 Å². The monoisotopic (exact) mass is 498 g/mol. The summed E-state index contributed by atoms with van der Waals surface area (Å²) in [6.07, 6.45) is 0.937. The molecule has 0 aliphatic rings. The van der Waals surface area contributed by atoms with E-state index in [1.807, 2.05) is 6.92 Å². The van der Waals surface area contributed by atoms with Gasteiger partial charge in [-0.2, -0.15) is 0 Å². The van der Waals surface area contributed by atoms with Gasteiger partial charge in [0.1, 0.15) is 6.29 Å². The van der Waals surface area contributed by atoms with E-state index in [-0.39, 0.29) is 23.0 Å². The van der Waals surface area contributed by atoms with Crippen molar-refractivity contribution in [2.75, 3.05) is 6.61 Å². The number of carbonyl (C=O) groups excluding carboxylic acids is 1. The molecule has 0 unspecified atom stereocenters. The zero-order valence-electron chi connectivity index (χ0n) is 22.6. The quantitative estimate of drug-likeness (QED) is 0.236.